The lowest BCUT2D eigenvalue weighted by Crippen LogP contribution is -2.25. The van der Waals surface area contributed by atoms with Crippen molar-refractivity contribution in [1.82, 2.24) is 4.98 Å². The van der Waals surface area contributed by atoms with Crippen LogP contribution in [0.2, 0.25) is 0 Å². The molecule has 1 aromatic heterocycles. The van der Waals surface area contributed by atoms with Crippen molar-refractivity contribution in [2.24, 2.45) is 0 Å². The van der Waals surface area contributed by atoms with Crippen LogP contribution in [0.1, 0.15) is 29.6 Å². The molecule has 3 N–H and O–H groups in total. The summed E-state index contributed by atoms with van der Waals surface area (Å²) in [7, 11) is 0. The molecular weight excluding hydrogens is 256 g/mol. The van der Waals surface area contributed by atoms with Crippen molar-refractivity contribution >= 4 is 22.6 Å². The molecule has 106 valence electrons. The number of H-pyrrole nitrogens is 1. The van der Waals surface area contributed by atoms with E-state index in [9.17, 15) is 4.79 Å². The molecule has 1 saturated heterocycles. The van der Waals surface area contributed by atoms with E-state index in [1.165, 1.54) is 0 Å². The first-order chi connectivity index (χ1) is 9.74. The van der Waals surface area contributed by atoms with E-state index >= 15 is 0 Å². The molecule has 0 spiro atoms. The third-order valence-electron chi connectivity index (χ3n) is 3.60. The van der Waals surface area contributed by atoms with E-state index in [1.54, 1.807) is 18.3 Å². The highest BCUT2D eigenvalue weighted by Gasteiger charge is 2.18. The molecule has 0 saturated carbocycles. The lowest BCUT2D eigenvalue weighted by molar-refractivity contribution is -0.0299. The molecule has 0 aliphatic carbocycles. The van der Waals surface area contributed by atoms with Gasteiger partial charge in [0.15, 0.2) is 0 Å². The van der Waals surface area contributed by atoms with Crippen LogP contribution in [-0.2, 0) is 9.47 Å². The van der Waals surface area contributed by atoms with Crippen LogP contribution in [0, 0.1) is 0 Å². The molecule has 0 bridgehead atoms. The van der Waals surface area contributed by atoms with Crippen LogP contribution in [0.15, 0.2) is 24.4 Å². The van der Waals surface area contributed by atoms with Gasteiger partial charge >= 0.3 is 5.97 Å². The first-order valence-electron chi connectivity index (χ1n) is 6.89. The number of carbonyl (C=O) groups excluding carboxylic acids is 1. The van der Waals surface area contributed by atoms with E-state index < -0.39 is 0 Å². The van der Waals surface area contributed by atoms with Crippen LogP contribution in [0.4, 0.5) is 5.69 Å². The number of anilines is 1. The van der Waals surface area contributed by atoms with Crippen molar-refractivity contribution in [3.8, 4) is 0 Å². The average Bonchev–Trinajstić information content (AvgIpc) is 2.89. The van der Waals surface area contributed by atoms with Crippen LogP contribution in [0.25, 0.3) is 10.9 Å². The maximum Gasteiger partial charge on any atom is 0.340 e. The van der Waals surface area contributed by atoms with E-state index in [1.807, 2.05) is 6.07 Å². The number of rotatable bonds is 3. The van der Waals surface area contributed by atoms with E-state index in [2.05, 4.69) is 4.98 Å². The molecule has 2 aromatic rings. The van der Waals surface area contributed by atoms with Crippen LogP contribution in [0.5, 0.6) is 0 Å². The molecule has 5 nitrogen and oxygen atoms in total. The number of carbonyl (C=O) groups is 1. The van der Waals surface area contributed by atoms with Gasteiger partial charge in [0.2, 0.25) is 0 Å². The number of hydrogen-bond donors (Lipinski definition) is 2. The first-order valence-corrected chi connectivity index (χ1v) is 6.89. The number of nitrogens with one attached hydrogen (secondary N) is 1. The molecule has 1 atom stereocenters. The SMILES string of the molecule is Nc1ccc2c(C(=O)OCC3CCCCO3)c[nH]c2c1. The number of aromatic nitrogens is 1. The van der Waals surface area contributed by atoms with Gasteiger partial charge < -0.3 is 20.2 Å². The fourth-order valence-electron chi connectivity index (χ4n) is 2.50. The maximum absolute atomic E-state index is 12.1. The molecular formula is C15H18N2O3. The second-order valence-corrected chi connectivity index (χ2v) is 5.09. The Kier molecular flexibility index (Phi) is 3.60. The minimum absolute atomic E-state index is 0.0357. The highest BCUT2D eigenvalue weighted by Crippen LogP contribution is 2.22. The third kappa shape index (κ3) is 2.63. The Labute approximate surface area is 117 Å². The molecule has 1 aliphatic rings. The van der Waals surface area contributed by atoms with Crippen molar-refractivity contribution in [1.29, 1.82) is 0 Å². The smallest absolute Gasteiger partial charge is 0.340 e. The van der Waals surface area contributed by atoms with Crippen LogP contribution in [-0.4, -0.2) is 30.3 Å². The molecule has 1 aliphatic heterocycles. The zero-order valence-corrected chi connectivity index (χ0v) is 11.2. The standard InChI is InChI=1S/C15H18N2O3/c16-10-4-5-12-13(8-17-14(12)7-10)15(18)20-9-11-3-1-2-6-19-11/h4-5,7-8,11,17H,1-3,6,9,16H2. The van der Waals surface area contributed by atoms with Crippen LogP contribution >= 0.6 is 0 Å². The summed E-state index contributed by atoms with van der Waals surface area (Å²) in [6.45, 7) is 1.08. The number of hydrogen-bond acceptors (Lipinski definition) is 4. The summed E-state index contributed by atoms with van der Waals surface area (Å²) in [5.74, 6) is -0.324. The Balaban J connectivity index is 1.69. The Morgan fingerprint density at radius 2 is 2.35 bits per heavy atom. The van der Waals surface area contributed by atoms with Crippen molar-refractivity contribution in [3.63, 3.8) is 0 Å². The summed E-state index contributed by atoms with van der Waals surface area (Å²) in [6, 6.07) is 5.41. The van der Waals surface area contributed by atoms with Gasteiger partial charge in [0.1, 0.15) is 6.61 Å². The largest absolute Gasteiger partial charge is 0.459 e. The van der Waals surface area contributed by atoms with Crippen LogP contribution in [0.3, 0.4) is 0 Å². The van der Waals surface area contributed by atoms with E-state index in [0.29, 0.717) is 17.9 Å². The summed E-state index contributed by atoms with van der Waals surface area (Å²) in [6.07, 6.45) is 4.88. The summed E-state index contributed by atoms with van der Waals surface area (Å²) < 4.78 is 10.9. The number of ether oxygens (including phenoxy) is 2. The molecule has 0 radical (unpaired) electrons. The molecule has 2 heterocycles. The number of aromatic amines is 1. The Hall–Kier alpha value is -2.01. The van der Waals surface area contributed by atoms with Gasteiger partial charge in [0.25, 0.3) is 0 Å². The Bertz CT molecular complexity index is 615. The fraction of sp³-hybridized carbons (Fsp3) is 0.400. The van der Waals surface area contributed by atoms with Crippen molar-refractivity contribution < 1.29 is 14.3 Å². The monoisotopic (exact) mass is 274 g/mol. The number of fused-ring (bicyclic) bond motifs is 1. The van der Waals surface area contributed by atoms with Crippen molar-refractivity contribution in [2.75, 3.05) is 18.9 Å². The van der Waals surface area contributed by atoms with Gasteiger partial charge in [0.05, 0.1) is 11.7 Å². The zero-order valence-electron chi connectivity index (χ0n) is 11.2. The zero-order chi connectivity index (χ0) is 13.9. The predicted molar refractivity (Wildman–Crippen MR) is 76.6 cm³/mol. The summed E-state index contributed by atoms with van der Waals surface area (Å²) in [5, 5.41) is 0.828. The number of benzene rings is 1. The molecule has 20 heavy (non-hydrogen) atoms. The van der Waals surface area contributed by atoms with Gasteiger partial charge in [-0.15, -0.1) is 0 Å². The molecule has 1 aromatic carbocycles. The molecule has 3 rings (SSSR count). The van der Waals surface area contributed by atoms with Gasteiger partial charge in [-0.3, -0.25) is 0 Å². The van der Waals surface area contributed by atoms with Gasteiger partial charge in [-0.25, -0.2) is 4.79 Å². The molecule has 1 fully saturated rings. The molecule has 1 unspecified atom stereocenters. The summed E-state index contributed by atoms with van der Waals surface area (Å²) in [5.41, 5.74) is 7.75. The molecule has 0 amide bonds. The normalized spacial score (nSPS) is 19.1. The first kappa shape index (κ1) is 13.0. The Morgan fingerprint density at radius 3 is 3.15 bits per heavy atom. The lowest BCUT2D eigenvalue weighted by Gasteiger charge is -2.21. The minimum Gasteiger partial charge on any atom is -0.459 e. The van der Waals surface area contributed by atoms with Crippen molar-refractivity contribution in [2.45, 2.75) is 25.4 Å². The number of nitrogens with two attached hydrogens (primary N) is 1. The van der Waals surface area contributed by atoms with Gasteiger partial charge in [-0.2, -0.15) is 0 Å². The highest BCUT2D eigenvalue weighted by atomic mass is 16.6. The van der Waals surface area contributed by atoms with E-state index in [-0.39, 0.29) is 12.1 Å². The predicted octanol–water partition coefficient (Wildman–Crippen LogP) is 2.48. The third-order valence-corrected chi connectivity index (χ3v) is 3.60. The van der Waals surface area contributed by atoms with Crippen molar-refractivity contribution in [3.05, 3.63) is 30.0 Å². The Morgan fingerprint density at radius 1 is 1.45 bits per heavy atom. The minimum atomic E-state index is -0.324. The fourth-order valence-corrected chi connectivity index (χ4v) is 2.50. The lowest BCUT2D eigenvalue weighted by atomic mass is 10.1. The second kappa shape index (κ2) is 5.54. The van der Waals surface area contributed by atoms with E-state index in [4.69, 9.17) is 15.2 Å². The number of esters is 1. The van der Waals surface area contributed by atoms with E-state index in [0.717, 1.165) is 36.8 Å². The summed E-state index contributed by atoms with van der Waals surface area (Å²) in [4.78, 5) is 15.2. The quantitative estimate of drug-likeness (QED) is 0.666. The topological polar surface area (TPSA) is 77.3 Å². The summed E-state index contributed by atoms with van der Waals surface area (Å²) >= 11 is 0. The highest BCUT2D eigenvalue weighted by molar-refractivity contribution is 6.04. The van der Waals surface area contributed by atoms with Crippen LogP contribution < -0.4 is 5.73 Å². The maximum atomic E-state index is 12.1. The second-order valence-electron chi connectivity index (χ2n) is 5.09. The average molecular weight is 274 g/mol. The molecule has 5 heteroatoms. The van der Waals surface area contributed by atoms with Gasteiger partial charge in [-0.1, -0.05) is 0 Å². The van der Waals surface area contributed by atoms with Gasteiger partial charge in [0, 0.05) is 29.4 Å². The number of nitrogen functional groups attached to an aromatic ring is 1. The van der Waals surface area contributed by atoms with Gasteiger partial charge in [-0.05, 0) is 37.5 Å².